The number of ether oxygens (including phenoxy) is 5. The first-order valence-electron chi connectivity index (χ1n) is 10.7. The molecule has 6 rings (SSSR count). The summed E-state index contributed by atoms with van der Waals surface area (Å²) in [5.41, 5.74) is -4.34. The third-order valence-corrected chi connectivity index (χ3v) is 15.4. The maximum absolute atomic E-state index is 14.1. The van der Waals surface area contributed by atoms with E-state index in [1.165, 1.54) is 6.08 Å². The van der Waals surface area contributed by atoms with Crippen LogP contribution in [0.25, 0.3) is 0 Å². The van der Waals surface area contributed by atoms with Crippen LogP contribution in [0.5, 0.6) is 0 Å². The zero-order chi connectivity index (χ0) is 22.7. The van der Waals surface area contributed by atoms with Gasteiger partial charge in [0.05, 0.1) is 31.7 Å². The van der Waals surface area contributed by atoms with Gasteiger partial charge < -0.3 is 28.1 Å². The molecule has 0 radical (unpaired) electrons. The first-order chi connectivity index (χ1) is 15.2. The highest BCUT2D eigenvalue weighted by Gasteiger charge is 2.97. The van der Waals surface area contributed by atoms with Gasteiger partial charge in [-0.05, 0) is 13.1 Å². The van der Waals surface area contributed by atoms with Gasteiger partial charge in [0, 0.05) is 15.7 Å². The average Bonchev–Trinajstić information content (AvgIpc) is 3.34. The highest BCUT2D eigenvalue weighted by Crippen LogP contribution is 2.84. The molecule has 0 aromatic rings. The number of rotatable bonds is 4. The van der Waals surface area contributed by atoms with Crippen molar-refractivity contribution in [2.24, 2.45) is 22.2 Å². The van der Waals surface area contributed by atoms with E-state index in [1.807, 2.05) is 0 Å². The predicted molar refractivity (Wildman–Crippen MR) is 121 cm³/mol. The van der Waals surface area contributed by atoms with E-state index in [-0.39, 0.29) is 25.6 Å². The number of methoxy groups -OCH3 is 1. The summed E-state index contributed by atoms with van der Waals surface area (Å²) < 4.78 is 38.0. The highest BCUT2D eigenvalue weighted by molar-refractivity contribution is 14.1. The molecule has 3 heterocycles. The van der Waals surface area contributed by atoms with Gasteiger partial charge in [0.1, 0.15) is 42.0 Å². The zero-order valence-corrected chi connectivity index (χ0v) is 21.4. The van der Waals surface area contributed by atoms with Crippen molar-refractivity contribution in [3.63, 3.8) is 0 Å². The first kappa shape index (κ1) is 21.2. The molecule has 4 bridgehead atoms. The van der Waals surface area contributed by atoms with Crippen LogP contribution in [0.1, 0.15) is 0 Å². The van der Waals surface area contributed by atoms with Crippen molar-refractivity contribution in [2.45, 2.75) is 18.7 Å². The monoisotopic (exact) mass is 572 g/mol. The number of carbonyl (C=O) groups is 2. The molecule has 1 saturated carbocycles. The Morgan fingerprint density at radius 2 is 1.88 bits per heavy atom. The second-order valence-corrected chi connectivity index (χ2v) is 16.2. The molecule has 32 heavy (non-hydrogen) atoms. The molecule has 5 unspecified atom stereocenters. The van der Waals surface area contributed by atoms with E-state index in [4.69, 9.17) is 28.1 Å². The topological polar surface area (TPSA) is 89.5 Å². The second-order valence-electron chi connectivity index (χ2n) is 9.96. The minimum atomic E-state index is -2.36. The first-order valence-corrected chi connectivity index (χ1v) is 15.4. The van der Waals surface area contributed by atoms with Gasteiger partial charge in [-0.15, -0.1) is 0 Å². The lowest BCUT2D eigenvalue weighted by Crippen LogP contribution is -2.67. The minimum Gasteiger partial charge on any atom is -0.501 e. The van der Waals surface area contributed by atoms with Crippen LogP contribution in [0, 0.1) is 22.2 Å². The van der Waals surface area contributed by atoms with Crippen LogP contribution in [0.3, 0.4) is 0 Å². The van der Waals surface area contributed by atoms with Crippen molar-refractivity contribution >= 4 is 42.7 Å². The van der Waals surface area contributed by atoms with E-state index in [0.717, 1.165) is 4.05 Å². The molecule has 172 valence electrons. The van der Waals surface area contributed by atoms with Crippen molar-refractivity contribution in [1.82, 2.24) is 0 Å². The molecule has 3 fully saturated rings. The Morgan fingerprint density at radius 1 is 1.16 bits per heavy atom. The van der Waals surface area contributed by atoms with Gasteiger partial charge in [0.2, 0.25) is 0 Å². The van der Waals surface area contributed by atoms with Gasteiger partial charge in [-0.25, -0.2) is 0 Å². The minimum absolute atomic E-state index is 0.0336. The van der Waals surface area contributed by atoms with Gasteiger partial charge in [-0.3, -0.25) is 9.59 Å². The Labute approximate surface area is 200 Å². The Kier molecular flexibility index (Phi) is 4.10. The fraction of sp³-hybridized carbons (Fsp3) is 0.636. The summed E-state index contributed by atoms with van der Waals surface area (Å²) >= 11 is 2.33. The molecular formula is C22H25IO8Si. The molecule has 10 heteroatoms. The molecule has 0 aromatic carbocycles. The number of ketones is 1. The van der Waals surface area contributed by atoms with Gasteiger partial charge in [-0.1, -0.05) is 29.2 Å². The number of hydrogen-bond acceptors (Lipinski definition) is 8. The molecule has 3 aliphatic carbocycles. The fourth-order valence-corrected chi connectivity index (χ4v) is 9.12. The predicted octanol–water partition coefficient (Wildman–Crippen LogP) is 2.04. The van der Waals surface area contributed by atoms with Gasteiger partial charge in [0.15, 0.2) is 25.6 Å². The van der Waals surface area contributed by atoms with Gasteiger partial charge in [-0.2, -0.15) is 0 Å². The second kappa shape index (κ2) is 6.19. The summed E-state index contributed by atoms with van der Waals surface area (Å²) in [6.45, 7) is 9.44. The Bertz CT molecular complexity index is 1050. The molecule has 0 amide bonds. The number of hydrogen-bond donors (Lipinski definition) is 0. The Balaban J connectivity index is 1.81. The number of allylic oxidation sites excluding steroid dienone is 2. The summed E-state index contributed by atoms with van der Waals surface area (Å²) in [5.74, 6) is 0.195. The molecule has 0 N–H and O–H groups in total. The standard InChI is InChI=1S/C22H25IO8Si/c1-12-15-17(29-6-5-28-15)22(31-32(3,4)11-23)16-13(26-2)7-14(24)20(22)9-27-10-21(20)18(25)30-8-19(12,16)21/h7,16H,1,5-6,8-11H2,2-4H3. The van der Waals surface area contributed by atoms with Crippen molar-refractivity contribution in [3.05, 3.63) is 35.5 Å². The third kappa shape index (κ3) is 1.82. The van der Waals surface area contributed by atoms with Crippen molar-refractivity contribution in [3.8, 4) is 0 Å². The Morgan fingerprint density at radius 3 is 2.59 bits per heavy atom. The van der Waals surface area contributed by atoms with Crippen molar-refractivity contribution < 1.29 is 37.7 Å². The number of halogens is 1. The molecule has 3 spiro atoms. The van der Waals surface area contributed by atoms with Crippen LogP contribution in [0.2, 0.25) is 13.1 Å². The van der Waals surface area contributed by atoms with Crippen LogP contribution in [0.4, 0.5) is 0 Å². The molecule has 2 saturated heterocycles. The molecule has 8 nitrogen and oxygen atoms in total. The van der Waals surface area contributed by atoms with Crippen LogP contribution in [-0.4, -0.2) is 69.9 Å². The van der Waals surface area contributed by atoms with Crippen LogP contribution in [-0.2, 0) is 37.7 Å². The quantitative estimate of drug-likeness (QED) is 0.219. The summed E-state index contributed by atoms with van der Waals surface area (Å²) in [7, 11) is -0.820. The van der Waals surface area contributed by atoms with E-state index in [2.05, 4.69) is 42.3 Å². The highest BCUT2D eigenvalue weighted by atomic mass is 127. The zero-order valence-electron chi connectivity index (χ0n) is 18.2. The maximum atomic E-state index is 14.1. The number of alkyl halides is 1. The number of esters is 1. The normalized spacial score (nSPS) is 43.7. The van der Waals surface area contributed by atoms with Gasteiger partial charge in [0.25, 0.3) is 0 Å². The lowest BCUT2D eigenvalue weighted by atomic mass is 9.55. The van der Waals surface area contributed by atoms with E-state index in [0.29, 0.717) is 36.1 Å². The molecule has 3 aliphatic heterocycles. The smallest absolute Gasteiger partial charge is 0.316 e. The van der Waals surface area contributed by atoms with Crippen LogP contribution < -0.4 is 0 Å². The molecule has 6 aliphatic rings. The van der Waals surface area contributed by atoms with Crippen molar-refractivity contribution in [1.29, 1.82) is 0 Å². The van der Waals surface area contributed by atoms with E-state index in [9.17, 15) is 9.59 Å². The number of carbonyl (C=O) groups excluding carboxylic acids is 2. The summed E-state index contributed by atoms with van der Waals surface area (Å²) in [6, 6.07) is 0. The lowest BCUT2D eigenvalue weighted by Gasteiger charge is -2.55. The SMILES string of the molecule is C=C1C2=C(OCCO2)C2(O[Si](C)(C)CI)C3C(OC)=CC(=O)C24COCC42C(=O)OCC132. The molecule has 5 atom stereocenters. The van der Waals surface area contributed by atoms with Crippen LogP contribution in [0.15, 0.2) is 35.5 Å². The van der Waals surface area contributed by atoms with E-state index in [1.54, 1.807) is 7.11 Å². The molecular weight excluding hydrogens is 547 g/mol. The summed E-state index contributed by atoms with van der Waals surface area (Å²) in [5, 5.41) is 0. The summed E-state index contributed by atoms with van der Waals surface area (Å²) in [6.07, 6.45) is 1.52. The average molecular weight is 572 g/mol. The van der Waals surface area contributed by atoms with E-state index < -0.39 is 42.1 Å². The van der Waals surface area contributed by atoms with Gasteiger partial charge >= 0.3 is 5.97 Å². The fourth-order valence-electron chi connectivity index (χ4n) is 7.34. The summed E-state index contributed by atoms with van der Waals surface area (Å²) in [4.78, 5) is 27.8. The molecule has 0 aromatic heterocycles. The maximum Gasteiger partial charge on any atom is 0.316 e. The van der Waals surface area contributed by atoms with E-state index >= 15 is 0 Å². The third-order valence-electron chi connectivity index (χ3n) is 8.35. The van der Waals surface area contributed by atoms with Crippen LogP contribution >= 0.6 is 22.6 Å². The van der Waals surface area contributed by atoms with Crippen molar-refractivity contribution in [2.75, 3.05) is 44.2 Å². The lowest BCUT2D eigenvalue weighted by molar-refractivity contribution is -0.171. The Hall–Kier alpha value is -1.37. The number of cyclic esters (lactones) is 1. The largest absolute Gasteiger partial charge is 0.501 e.